The van der Waals surface area contributed by atoms with Crippen LogP contribution >= 0.6 is 23.2 Å². The van der Waals surface area contributed by atoms with Crippen LogP contribution in [0.5, 0.6) is 0 Å². The maximum Gasteiger partial charge on any atom is 0.416 e. The van der Waals surface area contributed by atoms with Crippen molar-refractivity contribution < 1.29 is 27.5 Å². The van der Waals surface area contributed by atoms with Gasteiger partial charge in [0.05, 0.1) is 31.3 Å². The van der Waals surface area contributed by atoms with Crippen LogP contribution in [-0.4, -0.2) is 86.9 Å². The molecule has 3 aromatic carbocycles. The van der Waals surface area contributed by atoms with E-state index in [1.54, 1.807) is 11.8 Å². The second-order valence-electron chi connectivity index (χ2n) is 12.4. The van der Waals surface area contributed by atoms with E-state index in [0.29, 0.717) is 42.5 Å². The minimum absolute atomic E-state index is 0.0234. The summed E-state index contributed by atoms with van der Waals surface area (Å²) in [7, 11) is -3.98. The molecule has 1 aliphatic heterocycles. The van der Waals surface area contributed by atoms with E-state index >= 15 is 0 Å². The number of hydrogen-bond donors (Lipinski definition) is 1. The molecule has 258 valence electrons. The van der Waals surface area contributed by atoms with E-state index < -0.39 is 21.7 Å². The molecule has 0 aromatic heterocycles. The number of ether oxygens (including phenoxy) is 2. The van der Waals surface area contributed by atoms with Crippen LogP contribution in [0.25, 0.3) is 0 Å². The smallest absolute Gasteiger partial charge is 0.416 e. The summed E-state index contributed by atoms with van der Waals surface area (Å²) in [5.41, 5.74) is 2.63. The zero-order chi connectivity index (χ0) is 34.9. The number of carbonyl (C=O) groups excluding carboxylic acids is 2. The van der Waals surface area contributed by atoms with Crippen LogP contribution in [0, 0.1) is 6.92 Å². The van der Waals surface area contributed by atoms with Gasteiger partial charge in [-0.05, 0) is 62.9 Å². The fraction of sp³-hybridized carbons (Fsp3) is 0.400. The maximum atomic E-state index is 13.7. The third kappa shape index (κ3) is 10.3. The lowest BCUT2D eigenvalue weighted by Crippen LogP contribution is -2.39. The minimum Gasteiger partial charge on any atom is -0.443 e. The van der Waals surface area contributed by atoms with E-state index in [0.717, 1.165) is 16.7 Å². The molecule has 1 N–H and O–H groups in total. The number of hydrogen-bond acceptors (Lipinski definition) is 8. The molecule has 1 heterocycles. The molecule has 0 fully saturated rings. The molecular weight excluding hydrogens is 675 g/mol. The van der Waals surface area contributed by atoms with Gasteiger partial charge in [0.2, 0.25) is 10.0 Å². The number of ketones is 1. The Kier molecular flexibility index (Phi) is 13.2. The van der Waals surface area contributed by atoms with Gasteiger partial charge in [-0.1, -0.05) is 77.8 Å². The monoisotopic (exact) mass is 716 g/mol. The van der Waals surface area contributed by atoms with Gasteiger partial charge in [0.1, 0.15) is 22.9 Å². The van der Waals surface area contributed by atoms with Crippen molar-refractivity contribution in [1.82, 2.24) is 14.5 Å². The zero-order valence-electron chi connectivity index (χ0n) is 27.7. The predicted molar refractivity (Wildman–Crippen MR) is 188 cm³/mol. The number of benzene rings is 3. The number of nitrogens with zero attached hydrogens (tertiary/aromatic N) is 3. The quantitative estimate of drug-likeness (QED) is 0.195. The summed E-state index contributed by atoms with van der Waals surface area (Å²) in [6, 6.07) is 20.1. The van der Waals surface area contributed by atoms with Crippen LogP contribution in [0.3, 0.4) is 0 Å². The van der Waals surface area contributed by atoms with Crippen molar-refractivity contribution in [2.75, 3.05) is 45.9 Å². The second-order valence-corrected chi connectivity index (χ2v) is 15.0. The molecule has 10 nitrogen and oxygen atoms in total. The molecule has 0 aliphatic carbocycles. The molecule has 4 rings (SSSR count). The Morgan fingerprint density at radius 2 is 1.69 bits per heavy atom. The van der Waals surface area contributed by atoms with Crippen molar-refractivity contribution in [3.63, 3.8) is 0 Å². The summed E-state index contributed by atoms with van der Waals surface area (Å²) in [5, 5.41) is 3.58. The van der Waals surface area contributed by atoms with Gasteiger partial charge in [0, 0.05) is 30.2 Å². The molecule has 3 aromatic rings. The van der Waals surface area contributed by atoms with Gasteiger partial charge < -0.3 is 14.8 Å². The summed E-state index contributed by atoms with van der Waals surface area (Å²) >= 11 is 12.6. The van der Waals surface area contributed by atoms with Crippen LogP contribution in [-0.2, 0) is 37.3 Å². The van der Waals surface area contributed by atoms with Gasteiger partial charge in [-0.15, -0.1) is 0 Å². The first-order valence-corrected chi connectivity index (χ1v) is 17.9. The normalized spacial score (nSPS) is 13.6. The Morgan fingerprint density at radius 3 is 2.38 bits per heavy atom. The Balaban J connectivity index is 1.26. The van der Waals surface area contributed by atoms with Crippen molar-refractivity contribution in [2.45, 2.75) is 51.2 Å². The number of carbonyl (C=O) groups is 2. The average molecular weight is 718 g/mol. The predicted octanol–water partition coefficient (Wildman–Crippen LogP) is 5.91. The lowest BCUT2D eigenvalue weighted by atomic mass is 10.1. The van der Waals surface area contributed by atoms with E-state index in [2.05, 4.69) is 10.3 Å². The summed E-state index contributed by atoms with van der Waals surface area (Å²) in [6.07, 6.45) is 0.0669. The molecule has 0 atom stereocenters. The van der Waals surface area contributed by atoms with Crippen LogP contribution in [0.2, 0.25) is 10.0 Å². The highest BCUT2D eigenvalue weighted by Gasteiger charge is 2.30. The van der Waals surface area contributed by atoms with Crippen molar-refractivity contribution in [3.8, 4) is 0 Å². The lowest BCUT2D eigenvalue weighted by molar-refractivity contribution is -0.122. The van der Waals surface area contributed by atoms with Crippen LogP contribution in [0.15, 0.2) is 76.6 Å². The number of nitrogens with one attached hydrogen (secondary N) is 1. The average Bonchev–Trinajstić information content (AvgIpc) is 3.53. The van der Waals surface area contributed by atoms with Crippen molar-refractivity contribution in [1.29, 1.82) is 0 Å². The SMILES string of the molecule is Cc1c(Cl)ccc(S(=O)(=O)N(CCOCC(=O)CNCc2ccc(C3=NCCN3C(=O)OC(C)(C)C)cc2)CCc2ccccc2)c1Cl. The van der Waals surface area contributed by atoms with Crippen LogP contribution in [0.1, 0.15) is 43.0 Å². The van der Waals surface area contributed by atoms with E-state index in [9.17, 15) is 18.0 Å². The number of sulfonamides is 1. The Labute approximate surface area is 293 Å². The largest absolute Gasteiger partial charge is 0.443 e. The Hall–Kier alpha value is -3.32. The molecule has 0 unspecified atom stereocenters. The lowest BCUT2D eigenvalue weighted by Gasteiger charge is -2.25. The van der Waals surface area contributed by atoms with Gasteiger partial charge >= 0.3 is 6.09 Å². The van der Waals surface area contributed by atoms with Crippen LogP contribution < -0.4 is 5.32 Å². The Morgan fingerprint density at radius 1 is 0.979 bits per heavy atom. The molecule has 0 radical (unpaired) electrons. The summed E-state index contributed by atoms with van der Waals surface area (Å²) in [4.78, 5) is 31.1. The van der Waals surface area contributed by atoms with E-state index in [-0.39, 0.29) is 48.5 Å². The molecule has 48 heavy (non-hydrogen) atoms. The second kappa shape index (κ2) is 16.9. The highest BCUT2D eigenvalue weighted by atomic mass is 35.5. The van der Waals surface area contributed by atoms with E-state index in [1.165, 1.54) is 16.4 Å². The molecular formula is C35H42Cl2N4O6S. The fourth-order valence-corrected chi connectivity index (χ4v) is 7.14. The molecule has 1 aliphatic rings. The highest BCUT2D eigenvalue weighted by Crippen LogP contribution is 2.32. The summed E-state index contributed by atoms with van der Waals surface area (Å²) < 4.78 is 39.8. The molecule has 0 saturated heterocycles. The first-order chi connectivity index (χ1) is 22.8. The minimum atomic E-state index is -3.98. The summed E-state index contributed by atoms with van der Waals surface area (Å²) in [5.74, 6) is 0.406. The third-order valence-corrected chi connectivity index (χ3v) is 10.4. The first kappa shape index (κ1) is 37.5. The summed E-state index contributed by atoms with van der Waals surface area (Å²) in [6.45, 7) is 8.75. The molecule has 13 heteroatoms. The number of aliphatic imine (C=N–C) groups is 1. The van der Waals surface area contributed by atoms with E-state index in [4.69, 9.17) is 32.7 Å². The van der Waals surface area contributed by atoms with Crippen molar-refractivity contribution in [3.05, 3.63) is 99.0 Å². The first-order valence-electron chi connectivity index (χ1n) is 15.7. The van der Waals surface area contributed by atoms with Gasteiger partial charge in [0.15, 0.2) is 5.78 Å². The molecule has 1 amide bonds. The number of rotatable bonds is 15. The van der Waals surface area contributed by atoms with Gasteiger partial charge in [-0.2, -0.15) is 4.31 Å². The topological polar surface area (TPSA) is 118 Å². The number of Topliss-reactive ketones (excluding diaryl/α,β-unsaturated/α-hetero) is 1. The zero-order valence-corrected chi connectivity index (χ0v) is 30.0. The van der Waals surface area contributed by atoms with Gasteiger partial charge in [-0.3, -0.25) is 14.7 Å². The third-order valence-electron chi connectivity index (χ3n) is 7.46. The molecule has 0 saturated carbocycles. The van der Waals surface area contributed by atoms with Crippen molar-refractivity contribution >= 4 is 50.9 Å². The Bertz CT molecular complexity index is 1710. The van der Waals surface area contributed by atoms with E-state index in [1.807, 2.05) is 75.4 Å². The van der Waals surface area contributed by atoms with Crippen molar-refractivity contribution in [2.24, 2.45) is 4.99 Å². The fourth-order valence-electron chi connectivity index (χ4n) is 4.94. The molecule has 0 bridgehead atoms. The number of amidine groups is 1. The number of amides is 1. The van der Waals surface area contributed by atoms with Gasteiger partial charge in [0.25, 0.3) is 0 Å². The molecule has 0 spiro atoms. The number of halogens is 2. The standard InChI is InChI=1S/C35H42Cl2N4O6S/c1-25-30(36)14-15-31(32(25)37)48(44,45)40(18-16-26-8-6-5-7-9-26)20-21-46-24-29(42)23-38-22-27-10-12-28(13-11-27)33-39-17-19-41(33)34(43)47-35(2,3)4/h5-15,38H,16-24H2,1-4H3. The highest BCUT2D eigenvalue weighted by molar-refractivity contribution is 7.89. The van der Waals surface area contributed by atoms with Crippen LogP contribution in [0.4, 0.5) is 4.79 Å². The maximum absolute atomic E-state index is 13.7. The van der Waals surface area contributed by atoms with Gasteiger partial charge in [-0.25, -0.2) is 13.2 Å².